The van der Waals surface area contributed by atoms with Gasteiger partial charge in [0.2, 0.25) is 5.91 Å². The summed E-state index contributed by atoms with van der Waals surface area (Å²) in [4.78, 5) is 13.1. The van der Waals surface area contributed by atoms with Crippen LogP contribution in [0.3, 0.4) is 0 Å². The summed E-state index contributed by atoms with van der Waals surface area (Å²) in [6, 6.07) is 25.6. The Morgan fingerprint density at radius 3 is 2.16 bits per heavy atom. The molecule has 1 amide bonds. The van der Waals surface area contributed by atoms with Crippen LogP contribution in [0.5, 0.6) is 0 Å². The predicted octanol–water partition coefficient (Wildman–Crippen LogP) is 4.58. The summed E-state index contributed by atoms with van der Waals surface area (Å²) in [5.74, 6) is -0.323. The SMILES string of the molecule is CCc1ccccc1N(CC(=O)N[C@@H](C)CCc1ccccc1)S(=O)(=O)c1ccccc1. The normalized spacial score (nSPS) is 12.2. The van der Waals surface area contributed by atoms with E-state index in [-0.39, 0.29) is 23.4 Å². The molecule has 0 radical (unpaired) electrons. The number of carbonyl (C=O) groups is 1. The zero-order valence-corrected chi connectivity index (χ0v) is 19.4. The van der Waals surface area contributed by atoms with E-state index in [1.165, 1.54) is 9.87 Å². The zero-order chi connectivity index (χ0) is 23.0. The molecule has 3 rings (SSSR count). The van der Waals surface area contributed by atoms with Gasteiger partial charge in [-0.25, -0.2) is 8.42 Å². The fourth-order valence-electron chi connectivity index (χ4n) is 3.62. The molecule has 5 nitrogen and oxygen atoms in total. The molecule has 0 heterocycles. The minimum absolute atomic E-state index is 0.0783. The molecule has 1 atom stereocenters. The summed E-state index contributed by atoms with van der Waals surface area (Å²) < 4.78 is 28.2. The number of sulfonamides is 1. The molecule has 3 aromatic carbocycles. The Morgan fingerprint density at radius 2 is 1.50 bits per heavy atom. The summed E-state index contributed by atoms with van der Waals surface area (Å²) in [5, 5.41) is 2.97. The van der Waals surface area contributed by atoms with Crippen molar-refractivity contribution < 1.29 is 13.2 Å². The van der Waals surface area contributed by atoms with Gasteiger partial charge in [-0.2, -0.15) is 0 Å². The van der Waals surface area contributed by atoms with E-state index >= 15 is 0 Å². The molecular weight excluding hydrogens is 420 g/mol. The Kier molecular flexibility index (Phi) is 8.06. The highest BCUT2D eigenvalue weighted by Crippen LogP contribution is 2.27. The maximum Gasteiger partial charge on any atom is 0.264 e. The first-order chi connectivity index (χ1) is 15.4. The van der Waals surface area contributed by atoms with Crippen LogP contribution < -0.4 is 9.62 Å². The molecule has 0 aliphatic heterocycles. The van der Waals surface area contributed by atoms with Crippen molar-refractivity contribution in [2.24, 2.45) is 0 Å². The van der Waals surface area contributed by atoms with Crippen molar-refractivity contribution in [3.63, 3.8) is 0 Å². The molecule has 0 spiro atoms. The summed E-state index contributed by atoms with van der Waals surface area (Å²) in [7, 11) is -3.90. The van der Waals surface area contributed by atoms with Crippen LogP contribution in [0.25, 0.3) is 0 Å². The number of nitrogens with zero attached hydrogens (tertiary/aromatic N) is 1. The molecule has 0 unspecified atom stereocenters. The van der Waals surface area contributed by atoms with Gasteiger partial charge in [0.15, 0.2) is 0 Å². The number of nitrogens with one attached hydrogen (secondary N) is 1. The third kappa shape index (κ3) is 5.98. The standard InChI is InChI=1S/C26H30N2O3S/c1-3-23-14-10-11-17-25(23)28(32(30,31)24-15-8-5-9-16-24)20-26(29)27-21(2)18-19-22-12-6-4-7-13-22/h4-17,21H,3,18-20H2,1-2H3,(H,27,29)/t21-/m0/s1. The van der Waals surface area contributed by atoms with Crippen molar-refractivity contribution in [3.8, 4) is 0 Å². The van der Waals surface area contributed by atoms with Crippen LogP contribution in [0, 0.1) is 0 Å². The molecule has 0 aromatic heterocycles. The van der Waals surface area contributed by atoms with E-state index in [1.54, 1.807) is 42.5 Å². The lowest BCUT2D eigenvalue weighted by atomic mass is 10.1. The first-order valence-corrected chi connectivity index (χ1v) is 12.3. The van der Waals surface area contributed by atoms with Gasteiger partial charge < -0.3 is 5.32 Å². The smallest absolute Gasteiger partial charge is 0.264 e. The number of anilines is 1. The number of hydrogen-bond acceptors (Lipinski definition) is 3. The number of hydrogen-bond donors (Lipinski definition) is 1. The number of benzene rings is 3. The molecule has 3 aromatic rings. The average Bonchev–Trinajstić information content (AvgIpc) is 2.82. The van der Waals surface area contributed by atoms with E-state index < -0.39 is 10.0 Å². The molecule has 0 saturated heterocycles. The van der Waals surface area contributed by atoms with Crippen molar-refractivity contribution in [2.45, 2.75) is 44.0 Å². The van der Waals surface area contributed by atoms with Crippen LogP contribution in [0.2, 0.25) is 0 Å². The van der Waals surface area contributed by atoms with Crippen molar-refractivity contribution in [1.82, 2.24) is 5.32 Å². The van der Waals surface area contributed by atoms with Gasteiger partial charge in [0.25, 0.3) is 10.0 Å². The Balaban J connectivity index is 1.79. The van der Waals surface area contributed by atoms with E-state index in [2.05, 4.69) is 17.4 Å². The first-order valence-electron chi connectivity index (χ1n) is 10.9. The van der Waals surface area contributed by atoms with Gasteiger partial charge in [0.05, 0.1) is 10.6 Å². The minimum Gasteiger partial charge on any atom is -0.352 e. The molecule has 1 N–H and O–H groups in total. The van der Waals surface area contributed by atoms with Gasteiger partial charge in [0, 0.05) is 6.04 Å². The third-order valence-corrected chi connectivity index (χ3v) is 7.15. The number of rotatable bonds is 10. The lowest BCUT2D eigenvalue weighted by Crippen LogP contribution is -2.44. The van der Waals surface area contributed by atoms with Crippen molar-refractivity contribution in [1.29, 1.82) is 0 Å². The minimum atomic E-state index is -3.90. The van der Waals surface area contributed by atoms with E-state index in [1.807, 2.05) is 44.2 Å². The van der Waals surface area contributed by atoms with Crippen LogP contribution >= 0.6 is 0 Å². The molecule has 0 bridgehead atoms. The highest BCUT2D eigenvalue weighted by molar-refractivity contribution is 7.92. The molecular formula is C26H30N2O3S. The maximum absolute atomic E-state index is 13.5. The van der Waals surface area contributed by atoms with E-state index in [9.17, 15) is 13.2 Å². The third-order valence-electron chi connectivity index (χ3n) is 5.38. The second-order valence-electron chi connectivity index (χ2n) is 7.80. The van der Waals surface area contributed by atoms with Crippen LogP contribution in [0.1, 0.15) is 31.4 Å². The number of aryl methyl sites for hydroxylation is 2. The first kappa shape index (κ1) is 23.5. The fraction of sp³-hybridized carbons (Fsp3) is 0.269. The van der Waals surface area contributed by atoms with E-state index in [0.29, 0.717) is 12.1 Å². The molecule has 0 aliphatic carbocycles. The molecule has 0 aliphatic rings. The van der Waals surface area contributed by atoms with E-state index in [4.69, 9.17) is 0 Å². The second-order valence-corrected chi connectivity index (χ2v) is 9.66. The highest BCUT2D eigenvalue weighted by atomic mass is 32.2. The monoisotopic (exact) mass is 450 g/mol. The van der Waals surface area contributed by atoms with Gasteiger partial charge >= 0.3 is 0 Å². The quantitative estimate of drug-likeness (QED) is 0.492. The van der Waals surface area contributed by atoms with Gasteiger partial charge in [-0.15, -0.1) is 0 Å². The Labute approximate surface area is 191 Å². The van der Waals surface area contributed by atoms with Crippen molar-refractivity contribution in [3.05, 3.63) is 96.1 Å². The van der Waals surface area contributed by atoms with Crippen LogP contribution in [-0.4, -0.2) is 26.9 Å². The summed E-state index contributed by atoms with van der Waals surface area (Å²) in [6.07, 6.45) is 2.27. The molecule has 0 saturated carbocycles. The molecule has 0 fully saturated rings. The summed E-state index contributed by atoms with van der Waals surface area (Å²) >= 11 is 0. The molecule has 32 heavy (non-hydrogen) atoms. The fourth-order valence-corrected chi connectivity index (χ4v) is 5.10. The van der Waals surface area contributed by atoms with E-state index in [0.717, 1.165) is 18.4 Å². The average molecular weight is 451 g/mol. The van der Waals surface area contributed by atoms with Crippen molar-refractivity contribution in [2.75, 3.05) is 10.8 Å². The van der Waals surface area contributed by atoms with Gasteiger partial charge in [-0.3, -0.25) is 9.10 Å². The van der Waals surface area contributed by atoms with Crippen LogP contribution in [0.4, 0.5) is 5.69 Å². The Morgan fingerprint density at radius 1 is 0.906 bits per heavy atom. The maximum atomic E-state index is 13.5. The number of carbonyl (C=O) groups excluding carboxylic acids is 1. The lowest BCUT2D eigenvalue weighted by molar-refractivity contribution is -0.120. The summed E-state index contributed by atoms with van der Waals surface area (Å²) in [5.41, 5.74) is 2.61. The van der Waals surface area contributed by atoms with Gasteiger partial charge in [-0.05, 0) is 55.5 Å². The summed E-state index contributed by atoms with van der Waals surface area (Å²) in [6.45, 7) is 3.64. The topological polar surface area (TPSA) is 66.5 Å². The van der Waals surface area contributed by atoms with Gasteiger partial charge in [-0.1, -0.05) is 73.7 Å². The molecule has 6 heteroatoms. The van der Waals surface area contributed by atoms with Crippen molar-refractivity contribution >= 4 is 21.6 Å². The molecule has 168 valence electrons. The second kappa shape index (κ2) is 11.0. The predicted molar refractivity (Wildman–Crippen MR) is 129 cm³/mol. The Bertz CT molecular complexity index is 1120. The zero-order valence-electron chi connectivity index (χ0n) is 18.6. The number of amides is 1. The largest absolute Gasteiger partial charge is 0.352 e. The van der Waals surface area contributed by atoms with Crippen LogP contribution in [-0.2, 0) is 27.7 Å². The van der Waals surface area contributed by atoms with Crippen LogP contribution in [0.15, 0.2) is 89.8 Å². The Hall–Kier alpha value is -3.12. The lowest BCUT2D eigenvalue weighted by Gasteiger charge is -2.27. The number of para-hydroxylation sites is 1. The highest BCUT2D eigenvalue weighted by Gasteiger charge is 2.28. The van der Waals surface area contributed by atoms with Gasteiger partial charge in [0.1, 0.15) is 6.54 Å².